The lowest BCUT2D eigenvalue weighted by Gasteiger charge is -2.19. The van der Waals surface area contributed by atoms with Gasteiger partial charge in [0.1, 0.15) is 11.9 Å². The zero-order chi connectivity index (χ0) is 21.3. The number of rotatable bonds is 10. The Bertz CT molecular complexity index is 983. The molecule has 1 unspecified atom stereocenters. The molecule has 156 valence electrons. The largest absolute Gasteiger partial charge is 0.356 e. The second-order valence-corrected chi connectivity index (χ2v) is 7.76. The lowest BCUT2D eigenvalue weighted by Crippen LogP contribution is -2.34. The second-order valence-electron chi connectivity index (χ2n) is 6.81. The van der Waals surface area contributed by atoms with Crippen LogP contribution in [-0.2, 0) is 16.6 Å². The number of hydrogen-bond acceptors (Lipinski definition) is 5. The lowest BCUT2D eigenvalue weighted by atomic mass is 10.1. The Labute approximate surface area is 179 Å². The number of thiophene rings is 1. The molecule has 0 aliphatic carbocycles. The van der Waals surface area contributed by atoms with Gasteiger partial charge in [-0.25, -0.2) is 4.98 Å². The van der Waals surface area contributed by atoms with Crippen LogP contribution < -0.4 is 10.6 Å². The molecule has 0 aliphatic heterocycles. The number of ketones is 1. The number of carbonyl (C=O) groups is 3. The van der Waals surface area contributed by atoms with E-state index in [9.17, 15) is 14.4 Å². The molecule has 0 spiro atoms. The van der Waals surface area contributed by atoms with Crippen LogP contribution in [0.4, 0.5) is 0 Å². The minimum absolute atomic E-state index is 0.0429. The van der Waals surface area contributed by atoms with E-state index in [4.69, 9.17) is 0 Å². The summed E-state index contributed by atoms with van der Waals surface area (Å²) < 4.78 is 1.87. The van der Waals surface area contributed by atoms with Gasteiger partial charge in [0.2, 0.25) is 11.8 Å². The van der Waals surface area contributed by atoms with Crippen molar-refractivity contribution >= 4 is 28.9 Å². The van der Waals surface area contributed by atoms with Crippen molar-refractivity contribution in [3.05, 3.63) is 76.5 Å². The van der Waals surface area contributed by atoms with Gasteiger partial charge in [-0.05, 0) is 17.0 Å². The van der Waals surface area contributed by atoms with E-state index in [-0.39, 0.29) is 49.4 Å². The summed E-state index contributed by atoms with van der Waals surface area (Å²) in [6, 6.07) is 12.8. The third-order valence-corrected chi connectivity index (χ3v) is 5.52. The van der Waals surface area contributed by atoms with Crippen molar-refractivity contribution in [3.63, 3.8) is 0 Å². The normalized spacial score (nSPS) is 11.6. The number of hydrogen-bond donors (Lipinski definition) is 2. The Morgan fingerprint density at radius 3 is 2.50 bits per heavy atom. The van der Waals surface area contributed by atoms with E-state index < -0.39 is 0 Å². The van der Waals surface area contributed by atoms with E-state index in [2.05, 4.69) is 15.6 Å². The number of nitrogens with one attached hydrogen (secondary N) is 2. The highest BCUT2D eigenvalue weighted by Gasteiger charge is 2.20. The van der Waals surface area contributed by atoms with E-state index in [1.807, 2.05) is 59.6 Å². The summed E-state index contributed by atoms with van der Waals surface area (Å²) in [5.74, 6) is 0.252. The van der Waals surface area contributed by atoms with Crippen molar-refractivity contribution in [2.45, 2.75) is 25.3 Å². The van der Waals surface area contributed by atoms with Crippen LogP contribution in [0, 0.1) is 0 Å². The molecule has 2 heterocycles. The number of carbonyl (C=O) groups excluding carboxylic acids is 3. The first-order valence-corrected chi connectivity index (χ1v) is 10.6. The minimum Gasteiger partial charge on any atom is -0.356 e. The monoisotopic (exact) mass is 424 g/mol. The quantitative estimate of drug-likeness (QED) is 0.490. The molecule has 0 radical (unpaired) electrons. The topological polar surface area (TPSA) is 93.1 Å². The highest BCUT2D eigenvalue weighted by molar-refractivity contribution is 7.12. The van der Waals surface area contributed by atoms with E-state index in [1.165, 1.54) is 11.3 Å². The highest BCUT2D eigenvalue weighted by atomic mass is 32.1. The van der Waals surface area contributed by atoms with Gasteiger partial charge in [-0.3, -0.25) is 14.4 Å². The third kappa shape index (κ3) is 5.87. The zero-order valence-corrected chi connectivity index (χ0v) is 17.5. The van der Waals surface area contributed by atoms with Crippen molar-refractivity contribution in [1.82, 2.24) is 20.2 Å². The maximum Gasteiger partial charge on any atom is 0.222 e. The molecule has 0 saturated carbocycles. The maximum absolute atomic E-state index is 12.5. The third-order valence-electron chi connectivity index (χ3n) is 4.60. The number of Topliss-reactive ketones (excluding diaryl/α,β-unsaturated/α-hetero) is 1. The van der Waals surface area contributed by atoms with E-state index in [1.54, 1.807) is 12.3 Å². The van der Waals surface area contributed by atoms with Gasteiger partial charge in [-0.2, -0.15) is 0 Å². The predicted molar refractivity (Wildman–Crippen MR) is 115 cm³/mol. The molecule has 0 aliphatic rings. The fraction of sp³-hybridized carbons (Fsp3) is 0.273. The van der Waals surface area contributed by atoms with Crippen LogP contribution in [0.5, 0.6) is 0 Å². The van der Waals surface area contributed by atoms with E-state index in [0.717, 1.165) is 11.4 Å². The number of amides is 2. The molecule has 1 aromatic carbocycles. The summed E-state index contributed by atoms with van der Waals surface area (Å²) in [6.07, 6.45) is 3.93. The molecule has 2 N–H and O–H groups in total. The fourth-order valence-corrected chi connectivity index (χ4v) is 3.72. The van der Waals surface area contributed by atoms with Crippen LogP contribution in [0.15, 0.2) is 60.2 Å². The van der Waals surface area contributed by atoms with Crippen LogP contribution in [0.25, 0.3) is 0 Å². The van der Waals surface area contributed by atoms with Gasteiger partial charge in [0.25, 0.3) is 0 Å². The number of aromatic nitrogens is 2. The van der Waals surface area contributed by atoms with Crippen LogP contribution in [0.1, 0.15) is 46.4 Å². The predicted octanol–water partition coefficient (Wildman–Crippen LogP) is 2.86. The molecule has 0 bridgehead atoms. The SMILES string of the molecule is Cn1ccnc1C(NC(=O)CCNC(=O)CCC(=O)c1cccs1)c1ccccc1. The number of aryl methyl sites for hydroxylation is 1. The summed E-state index contributed by atoms with van der Waals surface area (Å²) in [5.41, 5.74) is 0.927. The van der Waals surface area contributed by atoms with Gasteiger partial charge in [0, 0.05) is 45.2 Å². The van der Waals surface area contributed by atoms with E-state index in [0.29, 0.717) is 4.88 Å². The Morgan fingerprint density at radius 2 is 1.83 bits per heavy atom. The van der Waals surface area contributed by atoms with Crippen LogP contribution in [0.3, 0.4) is 0 Å². The molecule has 3 rings (SSSR count). The summed E-state index contributed by atoms with van der Waals surface area (Å²) in [6.45, 7) is 0.208. The highest BCUT2D eigenvalue weighted by Crippen LogP contribution is 2.20. The molecule has 7 nitrogen and oxygen atoms in total. The average Bonchev–Trinajstić information content (AvgIpc) is 3.43. The molecule has 2 amide bonds. The lowest BCUT2D eigenvalue weighted by molar-refractivity contribution is -0.122. The van der Waals surface area contributed by atoms with Crippen LogP contribution >= 0.6 is 11.3 Å². The van der Waals surface area contributed by atoms with Gasteiger partial charge >= 0.3 is 0 Å². The van der Waals surface area contributed by atoms with Gasteiger partial charge in [0.15, 0.2) is 5.78 Å². The smallest absolute Gasteiger partial charge is 0.222 e. The molecule has 30 heavy (non-hydrogen) atoms. The summed E-state index contributed by atoms with van der Waals surface area (Å²) >= 11 is 1.37. The first-order chi connectivity index (χ1) is 14.5. The molecule has 8 heteroatoms. The Hall–Kier alpha value is -3.26. The van der Waals surface area contributed by atoms with Crippen LogP contribution in [0.2, 0.25) is 0 Å². The molecular weight excluding hydrogens is 400 g/mol. The minimum atomic E-state index is -0.377. The maximum atomic E-state index is 12.5. The number of imidazole rings is 1. The second kappa shape index (κ2) is 10.5. The Morgan fingerprint density at radius 1 is 1.03 bits per heavy atom. The van der Waals surface area contributed by atoms with Crippen molar-refractivity contribution in [2.24, 2.45) is 7.05 Å². The van der Waals surface area contributed by atoms with E-state index >= 15 is 0 Å². The standard InChI is InChI=1S/C22H24N4O3S/c1-26-14-13-24-22(26)21(16-6-3-2-4-7-16)25-20(29)11-12-23-19(28)10-9-17(27)18-8-5-15-30-18/h2-8,13-15,21H,9-12H2,1H3,(H,23,28)(H,25,29). The summed E-state index contributed by atoms with van der Waals surface area (Å²) in [5, 5.41) is 7.53. The van der Waals surface area contributed by atoms with Crippen molar-refractivity contribution in [1.29, 1.82) is 0 Å². The molecular formula is C22H24N4O3S. The van der Waals surface area contributed by atoms with Gasteiger partial charge in [0.05, 0.1) is 4.88 Å². The Balaban J connectivity index is 1.47. The molecule has 0 fully saturated rings. The summed E-state index contributed by atoms with van der Waals surface area (Å²) in [7, 11) is 1.88. The number of benzene rings is 1. The van der Waals surface area contributed by atoms with Gasteiger partial charge in [-0.15, -0.1) is 11.3 Å². The first kappa shape index (κ1) is 21.4. The van der Waals surface area contributed by atoms with Crippen molar-refractivity contribution in [2.75, 3.05) is 6.54 Å². The average molecular weight is 425 g/mol. The van der Waals surface area contributed by atoms with Gasteiger partial charge in [-0.1, -0.05) is 36.4 Å². The Kier molecular flexibility index (Phi) is 7.51. The zero-order valence-electron chi connectivity index (χ0n) is 16.7. The van der Waals surface area contributed by atoms with Crippen LogP contribution in [-0.4, -0.2) is 33.7 Å². The van der Waals surface area contributed by atoms with Crippen molar-refractivity contribution in [3.8, 4) is 0 Å². The number of nitrogens with zero attached hydrogens (tertiary/aromatic N) is 2. The molecule has 2 aromatic heterocycles. The summed E-state index contributed by atoms with van der Waals surface area (Å²) in [4.78, 5) is 41.4. The molecule has 3 aromatic rings. The molecule has 0 saturated heterocycles. The van der Waals surface area contributed by atoms with Gasteiger partial charge < -0.3 is 15.2 Å². The molecule has 1 atom stereocenters. The fourth-order valence-electron chi connectivity index (χ4n) is 3.02. The van der Waals surface area contributed by atoms with Crippen molar-refractivity contribution < 1.29 is 14.4 Å². The first-order valence-electron chi connectivity index (χ1n) is 9.69.